The Kier molecular flexibility index (Phi) is 5.42. The van der Waals surface area contributed by atoms with Crippen molar-refractivity contribution in [2.75, 3.05) is 0 Å². The van der Waals surface area contributed by atoms with Crippen molar-refractivity contribution in [2.24, 2.45) is 0 Å². The summed E-state index contributed by atoms with van der Waals surface area (Å²) in [5, 5.41) is 3.08. The quantitative estimate of drug-likeness (QED) is 0.417. The van der Waals surface area contributed by atoms with Gasteiger partial charge < -0.3 is 9.30 Å². The predicted molar refractivity (Wildman–Crippen MR) is 107 cm³/mol. The average Bonchev–Trinajstić information content (AvgIpc) is 3.42. The summed E-state index contributed by atoms with van der Waals surface area (Å²) in [5.74, 6) is 0.885. The number of nitrogens with zero attached hydrogens (tertiary/aromatic N) is 3. The van der Waals surface area contributed by atoms with Gasteiger partial charge in [0.05, 0.1) is 11.2 Å². The van der Waals surface area contributed by atoms with Crippen molar-refractivity contribution in [2.45, 2.75) is 26.0 Å². The number of ether oxygens (including phenoxy) is 1. The molecule has 0 bridgehead atoms. The number of hydrogen-bond donors (Lipinski definition) is 0. The molecule has 0 aliphatic rings. The number of benzene rings is 1. The second-order valence-corrected chi connectivity index (χ2v) is 8.00. The van der Waals surface area contributed by atoms with Crippen molar-refractivity contribution in [3.63, 3.8) is 0 Å². The summed E-state index contributed by atoms with van der Waals surface area (Å²) in [7, 11) is 0. The first kappa shape index (κ1) is 17.0. The van der Waals surface area contributed by atoms with Gasteiger partial charge in [0.25, 0.3) is 0 Å². The number of thiazole rings is 1. The van der Waals surface area contributed by atoms with E-state index in [9.17, 15) is 0 Å². The molecular weight excluding hydrogens is 362 g/mol. The Hall–Kier alpha value is -2.44. The molecule has 4 rings (SSSR count). The maximum atomic E-state index is 5.88. The van der Waals surface area contributed by atoms with E-state index in [1.54, 1.807) is 22.7 Å². The van der Waals surface area contributed by atoms with E-state index in [4.69, 9.17) is 4.74 Å². The predicted octanol–water partition coefficient (Wildman–Crippen LogP) is 5.28. The highest BCUT2D eigenvalue weighted by molar-refractivity contribution is 7.21. The molecule has 0 atom stereocenters. The van der Waals surface area contributed by atoms with Crippen LogP contribution in [0.1, 0.15) is 17.0 Å². The SMILES string of the molecule is c1csc(-c2cnc(COc3ccc(CCCn4ccnc4)cc3)s2)c1. The van der Waals surface area contributed by atoms with Crippen molar-refractivity contribution in [3.8, 4) is 15.5 Å². The zero-order chi connectivity index (χ0) is 17.6. The van der Waals surface area contributed by atoms with Crippen LogP contribution in [-0.2, 0) is 19.6 Å². The van der Waals surface area contributed by atoms with Gasteiger partial charge in [0.2, 0.25) is 0 Å². The third-order valence-corrected chi connectivity index (χ3v) is 6.08. The molecular formula is C20H19N3OS2. The molecule has 0 unspecified atom stereocenters. The Morgan fingerprint density at radius 2 is 2.00 bits per heavy atom. The summed E-state index contributed by atoms with van der Waals surface area (Å²) in [4.78, 5) is 11.0. The molecule has 26 heavy (non-hydrogen) atoms. The lowest BCUT2D eigenvalue weighted by Crippen LogP contribution is -1.97. The third-order valence-electron chi connectivity index (χ3n) is 4.04. The van der Waals surface area contributed by atoms with Crippen molar-refractivity contribution in [1.29, 1.82) is 0 Å². The fourth-order valence-electron chi connectivity index (χ4n) is 2.69. The van der Waals surface area contributed by atoms with E-state index in [-0.39, 0.29) is 0 Å². The molecule has 0 radical (unpaired) electrons. The van der Waals surface area contributed by atoms with Crippen LogP contribution >= 0.6 is 22.7 Å². The molecule has 0 spiro atoms. The molecule has 0 fully saturated rings. The highest BCUT2D eigenvalue weighted by Gasteiger charge is 2.06. The summed E-state index contributed by atoms with van der Waals surface area (Å²) in [6, 6.07) is 12.5. The van der Waals surface area contributed by atoms with Crippen LogP contribution in [0.3, 0.4) is 0 Å². The highest BCUT2D eigenvalue weighted by Crippen LogP contribution is 2.30. The number of rotatable bonds is 8. The standard InChI is InChI=1S/C20H19N3OS2/c1(10-23-11-9-21-15-23)3-16-5-7-17(8-6-16)24-14-20-22-13-19(26-20)18-4-2-12-25-18/h2,4-9,11-13,15H,1,3,10,14H2. The molecule has 3 heterocycles. The Morgan fingerprint density at radius 1 is 1.08 bits per heavy atom. The first-order valence-corrected chi connectivity index (χ1v) is 10.2. The van der Waals surface area contributed by atoms with E-state index < -0.39 is 0 Å². The largest absolute Gasteiger partial charge is 0.486 e. The zero-order valence-corrected chi connectivity index (χ0v) is 15.9. The van der Waals surface area contributed by atoms with E-state index >= 15 is 0 Å². The lowest BCUT2D eigenvalue weighted by molar-refractivity contribution is 0.305. The van der Waals surface area contributed by atoms with Gasteiger partial charge in [-0.1, -0.05) is 18.2 Å². The molecule has 4 nitrogen and oxygen atoms in total. The number of aryl methyl sites for hydroxylation is 2. The minimum atomic E-state index is 0.510. The molecule has 3 aromatic heterocycles. The number of hydrogen-bond acceptors (Lipinski definition) is 5. The average molecular weight is 382 g/mol. The van der Waals surface area contributed by atoms with Crippen LogP contribution in [0.5, 0.6) is 5.75 Å². The van der Waals surface area contributed by atoms with Gasteiger partial charge >= 0.3 is 0 Å². The van der Waals surface area contributed by atoms with Crippen LogP contribution in [0, 0.1) is 0 Å². The van der Waals surface area contributed by atoms with Crippen molar-refractivity contribution in [3.05, 3.63) is 77.3 Å². The molecule has 0 amide bonds. The van der Waals surface area contributed by atoms with E-state index in [1.165, 1.54) is 15.3 Å². The van der Waals surface area contributed by atoms with E-state index in [0.29, 0.717) is 6.61 Å². The monoisotopic (exact) mass is 381 g/mol. The number of thiophene rings is 1. The van der Waals surface area contributed by atoms with E-state index in [1.807, 2.05) is 37.1 Å². The van der Waals surface area contributed by atoms with Crippen molar-refractivity contribution in [1.82, 2.24) is 14.5 Å². The fraction of sp³-hybridized carbons (Fsp3) is 0.200. The van der Waals surface area contributed by atoms with Gasteiger partial charge in [0.15, 0.2) is 0 Å². The maximum Gasteiger partial charge on any atom is 0.140 e. The lowest BCUT2D eigenvalue weighted by Gasteiger charge is -2.06. The topological polar surface area (TPSA) is 39.9 Å². The molecule has 6 heteroatoms. The zero-order valence-electron chi connectivity index (χ0n) is 14.2. The molecule has 0 saturated carbocycles. The van der Waals surface area contributed by atoms with Crippen LogP contribution in [0.4, 0.5) is 0 Å². The third kappa shape index (κ3) is 4.39. The highest BCUT2D eigenvalue weighted by atomic mass is 32.1. The van der Waals surface area contributed by atoms with Crippen LogP contribution in [0.2, 0.25) is 0 Å². The lowest BCUT2D eigenvalue weighted by atomic mass is 10.1. The smallest absolute Gasteiger partial charge is 0.140 e. The van der Waals surface area contributed by atoms with Gasteiger partial charge in [0.1, 0.15) is 17.4 Å². The van der Waals surface area contributed by atoms with Crippen molar-refractivity contribution < 1.29 is 4.74 Å². The van der Waals surface area contributed by atoms with Gasteiger partial charge in [-0.25, -0.2) is 9.97 Å². The summed E-state index contributed by atoms with van der Waals surface area (Å²) < 4.78 is 7.99. The normalized spacial score (nSPS) is 10.9. The van der Waals surface area contributed by atoms with Gasteiger partial charge in [-0.3, -0.25) is 0 Å². The van der Waals surface area contributed by atoms with Gasteiger partial charge in [-0.05, 0) is 42.0 Å². The van der Waals surface area contributed by atoms with Crippen LogP contribution < -0.4 is 4.74 Å². The molecule has 0 aliphatic carbocycles. The Morgan fingerprint density at radius 3 is 2.77 bits per heavy atom. The number of imidazole rings is 1. The van der Waals surface area contributed by atoms with Crippen molar-refractivity contribution >= 4 is 22.7 Å². The van der Waals surface area contributed by atoms with Crippen LogP contribution in [0.15, 0.2) is 66.7 Å². The molecule has 1 aromatic carbocycles. The second-order valence-electron chi connectivity index (χ2n) is 5.93. The Labute approximate surface area is 160 Å². The summed E-state index contributed by atoms with van der Waals surface area (Å²) in [6.07, 6.45) is 9.76. The minimum absolute atomic E-state index is 0.510. The minimum Gasteiger partial charge on any atom is -0.486 e. The molecule has 132 valence electrons. The number of aromatic nitrogens is 3. The van der Waals surface area contributed by atoms with Crippen LogP contribution in [-0.4, -0.2) is 14.5 Å². The molecule has 0 N–H and O–H groups in total. The Balaban J connectivity index is 1.26. The summed E-state index contributed by atoms with van der Waals surface area (Å²) in [5.41, 5.74) is 1.33. The maximum absolute atomic E-state index is 5.88. The molecule has 0 aliphatic heterocycles. The fourth-order valence-corrected chi connectivity index (χ4v) is 4.34. The summed E-state index contributed by atoms with van der Waals surface area (Å²) >= 11 is 3.43. The summed E-state index contributed by atoms with van der Waals surface area (Å²) in [6.45, 7) is 1.50. The van der Waals surface area contributed by atoms with Gasteiger partial charge in [-0.2, -0.15) is 0 Å². The first-order chi connectivity index (χ1) is 12.9. The van der Waals surface area contributed by atoms with Gasteiger partial charge in [-0.15, -0.1) is 22.7 Å². The van der Waals surface area contributed by atoms with E-state index in [0.717, 1.165) is 30.1 Å². The Bertz CT molecular complexity index is 913. The van der Waals surface area contributed by atoms with Crippen LogP contribution in [0.25, 0.3) is 9.75 Å². The molecule has 4 aromatic rings. The first-order valence-electron chi connectivity index (χ1n) is 8.53. The van der Waals surface area contributed by atoms with E-state index in [2.05, 4.69) is 44.2 Å². The second kappa shape index (κ2) is 8.29. The van der Waals surface area contributed by atoms with Gasteiger partial charge in [0, 0.05) is 30.0 Å². The molecule has 0 saturated heterocycles.